The molecule has 1 aliphatic heterocycles. The van der Waals surface area contributed by atoms with E-state index in [1.54, 1.807) is 17.1 Å². The molecule has 1 aromatic carbocycles. The Morgan fingerprint density at radius 3 is 2.67 bits per heavy atom. The number of pyridine rings is 1. The van der Waals surface area contributed by atoms with E-state index >= 15 is 0 Å². The molecule has 240 valence electrons. The van der Waals surface area contributed by atoms with Crippen molar-refractivity contribution in [2.45, 2.75) is 64.1 Å². The molecule has 12 nitrogen and oxygen atoms in total. The van der Waals surface area contributed by atoms with E-state index in [0.29, 0.717) is 36.2 Å². The second-order valence-electron chi connectivity index (χ2n) is 11.6. The quantitative estimate of drug-likeness (QED) is 0.133. The summed E-state index contributed by atoms with van der Waals surface area (Å²) < 4.78 is 1.76. The molecule has 4 aromatic rings. The van der Waals surface area contributed by atoms with Gasteiger partial charge in [0.05, 0.1) is 12.4 Å². The maximum atomic E-state index is 13.8. The first kappa shape index (κ1) is 32.4. The number of hydrogen-bond acceptors (Lipinski definition) is 9. The third-order valence-electron chi connectivity index (χ3n) is 8.08. The van der Waals surface area contributed by atoms with E-state index in [-0.39, 0.29) is 18.1 Å². The van der Waals surface area contributed by atoms with Gasteiger partial charge < -0.3 is 21.3 Å². The molecule has 4 heterocycles. The molecule has 4 N–H and O–H groups in total. The largest absolute Gasteiger partial charge is 0.365 e. The van der Waals surface area contributed by atoms with Gasteiger partial charge in [0.1, 0.15) is 23.3 Å². The highest BCUT2D eigenvalue weighted by molar-refractivity contribution is 5.91. The molecule has 1 unspecified atom stereocenters. The summed E-state index contributed by atoms with van der Waals surface area (Å²) in [5.74, 6) is 1.69. The topological polar surface area (TPSA) is 149 Å². The van der Waals surface area contributed by atoms with Crippen molar-refractivity contribution in [2.75, 3.05) is 35.2 Å². The van der Waals surface area contributed by atoms with E-state index in [9.17, 15) is 10.1 Å². The van der Waals surface area contributed by atoms with Crippen LogP contribution >= 0.6 is 0 Å². The molecule has 3 aromatic heterocycles. The van der Waals surface area contributed by atoms with Gasteiger partial charge >= 0.3 is 6.03 Å². The first-order chi connectivity index (χ1) is 22.5. The fourth-order valence-corrected chi connectivity index (χ4v) is 5.66. The number of carbonyl (C=O) groups is 1. The Bertz CT molecular complexity index is 1580. The number of aryl methyl sites for hydroxylation is 1. The lowest BCUT2D eigenvalue weighted by Gasteiger charge is -2.31. The second-order valence-corrected chi connectivity index (χ2v) is 11.6. The second kappa shape index (κ2) is 16.3. The Morgan fingerprint density at radius 1 is 1.11 bits per heavy atom. The van der Waals surface area contributed by atoms with Gasteiger partial charge in [0.15, 0.2) is 0 Å². The number of amides is 2. The minimum Gasteiger partial charge on any atom is -0.365 e. The summed E-state index contributed by atoms with van der Waals surface area (Å²) in [6.45, 7) is 5.05. The fourth-order valence-electron chi connectivity index (χ4n) is 5.66. The van der Waals surface area contributed by atoms with Crippen molar-refractivity contribution in [3.8, 4) is 17.2 Å². The summed E-state index contributed by atoms with van der Waals surface area (Å²) in [5, 5.41) is 26.9. The van der Waals surface area contributed by atoms with Crippen molar-refractivity contribution >= 4 is 23.6 Å². The first-order valence-corrected chi connectivity index (χ1v) is 16.1. The summed E-state index contributed by atoms with van der Waals surface area (Å²) >= 11 is 0. The number of nitrogens with one attached hydrogen (secondary N) is 4. The number of nitrogens with zero attached hydrogens (tertiary/aromatic N) is 7. The third kappa shape index (κ3) is 8.79. The van der Waals surface area contributed by atoms with Crippen molar-refractivity contribution < 1.29 is 4.79 Å². The fraction of sp³-hybridized carbons (Fsp3) is 0.412. The zero-order valence-electron chi connectivity index (χ0n) is 26.6. The van der Waals surface area contributed by atoms with Crippen LogP contribution in [0, 0.1) is 11.3 Å². The molecule has 1 fully saturated rings. The van der Waals surface area contributed by atoms with Gasteiger partial charge in [0, 0.05) is 62.3 Å². The normalized spacial score (nSPS) is 14.8. The van der Waals surface area contributed by atoms with E-state index in [0.717, 1.165) is 68.3 Å². The van der Waals surface area contributed by atoms with Crippen molar-refractivity contribution in [3.63, 3.8) is 0 Å². The summed E-state index contributed by atoms with van der Waals surface area (Å²) in [7, 11) is 1.88. The predicted octanol–water partition coefficient (Wildman–Crippen LogP) is 5.08. The number of hydrogen-bond donors (Lipinski definition) is 4. The SMILES string of the molecule is CCC[C@@H](CCCCNc1ncc(C#N)c(NC2CCNC2)n1)N(C(=O)NCc1ccccc1)c1ccc(-c2cnn(C)c2)cn1. The Kier molecular flexibility index (Phi) is 11.5. The predicted molar refractivity (Wildman–Crippen MR) is 180 cm³/mol. The molecule has 0 saturated carbocycles. The Balaban J connectivity index is 1.23. The van der Waals surface area contributed by atoms with E-state index in [1.165, 1.54) is 0 Å². The molecular weight excluding hydrogens is 578 g/mol. The molecule has 0 spiro atoms. The highest BCUT2D eigenvalue weighted by atomic mass is 16.2. The molecule has 2 atom stereocenters. The van der Waals surface area contributed by atoms with E-state index in [2.05, 4.69) is 49.3 Å². The van der Waals surface area contributed by atoms with Crippen LogP contribution in [0.3, 0.4) is 0 Å². The Morgan fingerprint density at radius 2 is 1.98 bits per heavy atom. The van der Waals surface area contributed by atoms with E-state index < -0.39 is 0 Å². The van der Waals surface area contributed by atoms with Gasteiger partial charge in [-0.2, -0.15) is 15.3 Å². The van der Waals surface area contributed by atoms with Crippen LogP contribution in [-0.4, -0.2) is 62.5 Å². The minimum absolute atomic E-state index is 0.0282. The van der Waals surface area contributed by atoms with Gasteiger partial charge in [-0.15, -0.1) is 0 Å². The van der Waals surface area contributed by atoms with Gasteiger partial charge in [-0.05, 0) is 56.3 Å². The van der Waals surface area contributed by atoms with Gasteiger partial charge in [0.2, 0.25) is 5.95 Å². The Hall–Kier alpha value is -5.02. The third-order valence-corrected chi connectivity index (χ3v) is 8.08. The average Bonchev–Trinajstić information content (AvgIpc) is 3.76. The molecule has 5 rings (SSSR count). The Labute approximate surface area is 270 Å². The molecule has 46 heavy (non-hydrogen) atoms. The van der Waals surface area contributed by atoms with Gasteiger partial charge in [-0.1, -0.05) is 43.7 Å². The maximum Gasteiger partial charge on any atom is 0.323 e. The molecule has 0 bridgehead atoms. The molecule has 12 heteroatoms. The number of benzene rings is 1. The molecule has 0 radical (unpaired) electrons. The van der Waals surface area contributed by atoms with Crippen molar-refractivity contribution in [1.29, 1.82) is 5.26 Å². The number of rotatable bonds is 15. The lowest BCUT2D eigenvalue weighted by atomic mass is 10.0. The number of nitriles is 1. The molecule has 0 aliphatic carbocycles. The van der Waals surface area contributed by atoms with Crippen LogP contribution < -0.4 is 26.2 Å². The minimum atomic E-state index is -0.162. The van der Waals surface area contributed by atoms with Crippen LogP contribution in [0.15, 0.2) is 67.3 Å². The highest BCUT2D eigenvalue weighted by Gasteiger charge is 2.26. The highest BCUT2D eigenvalue weighted by Crippen LogP contribution is 2.25. The van der Waals surface area contributed by atoms with Crippen molar-refractivity contribution in [3.05, 3.63) is 78.4 Å². The monoisotopic (exact) mass is 621 g/mol. The lowest BCUT2D eigenvalue weighted by Crippen LogP contribution is -2.46. The van der Waals surface area contributed by atoms with Crippen LogP contribution in [0.25, 0.3) is 11.1 Å². The summed E-state index contributed by atoms with van der Waals surface area (Å²) in [4.78, 5) is 29.3. The number of carbonyl (C=O) groups excluding carboxylic acids is 1. The number of urea groups is 1. The van der Waals surface area contributed by atoms with Crippen LogP contribution in [-0.2, 0) is 13.6 Å². The summed E-state index contributed by atoms with van der Waals surface area (Å²) in [6, 6.07) is 16.1. The van der Waals surface area contributed by atoms with Gasteiger partial charge in [-0.25, -0.2) is 14.8 Å². The van der Waals surface area contributed by atoms with Crippen molar-refractivity contribution in [2.24, 2.45) is 7.05 Å². The summed E-state index contributed by atoms with van der Waals surface area (Å²) in [5.41, 5.74) is 3.40. The average molecular weight is 622 g/mol. The van der Waals surface area contributed by atoms with E-state index in [1.807, 2.05) is 66.8 Å². The van der Waals surface area contributed by atoms with Crippen LogP contribution in [0.4, 0.5) is 22.4 Å². The zero-order chi connectivity index (χ0) is 32.1. The molecule has 2 amide bonds. The number of aromatic nitrogens is 5. The van der Waals surface area contributed by atoms with Crippen molar-refractivity contribution in [1.82, 2.24) is 35.4 Å². The molecule has 1 aliphatic rings. The number of anilines is 3. The smallest absolute Gasteiger partial charge is 0.323 e. The lowest BCUT2D eigenvalue weighted by molar-refractivity contribution is 0.242. The molecule has 1 saturated heterocycles. The van der Waals surface area contributed by atoms with Gasteiger partial charge in [0.25, 0.3) is 0 Å². The van der Waals surface area contributed by atoms with Crippen LogP contribution in [0.5, 0.6) is 0 Å². The van der Waals surface area contributed by atoms with Gasteiger partial charge in [-0.3, -0.25) is 9.58 Å². The summed E-state index contributed by atoms with van der Waals surface area (Å²) in [6.07, 6.45) is 12.5. The van der Waals surface area contributed by atoms with Crippen LogP contribution in [0.2, 0.25) is 0 Å². The standard InChI is InChI=1S/C34H43N11O/c1-3-9-30(12-7-8-16-37-33-39-21-27(18-35)32(43-33)42-29-15-17-36-23-29)45(34(46)40-19-25-10-5-4-6-11-25)31-14-13-26(20-38-31)28-22-41-44(2)24-28/h4-6,10-11,13-14,20-22,24,29-30,36H,3,7-9,12,15-17,19,23H2,1-2H3,(H,40,46)(H2,37,39,42,43)/t29?,30-/m0/s1. The van der Waals surface area contributed by atoms with E-state index in [4.69, 9.17) is 4.98 Å². The zero-order valence-corrected chi connectivity index (χ0v) is 26.6. The first-order valence-electron chi connectivity index (χ1n) is 16.1. The van der Waals surface area contributed by atoms with Crippen LogP contribution in [0.1, 0.15) is 56.6 Å². The number of unbranched alkanes of at least 4 members (excludes halogenated alkanes) is 1. The molecular formula is C34H43N11O. The maximum absolute atomic E-state index is 13.8.